The molecule has 1 aliphatic carbocycles. The van der Waals surface area contributed by atoms with Crippen molar-refractivity contribution in [1.82, 2.24) is 19.7 Å². The summed E-state index contributed by atoms with van der Waals surface area (Å²) in [5.41, 5.74) is 1.61. The molecule has 1 amide bonds. The van der Waals surface area contributed by atoms with Crippen LogP contribution in [0.1, 0.15) is 40.6 Å². The summed E-state index contributed by atoms with van der Waals surface area (Å²) in [6.45, 7) is 4.22. The Balaban J connectivity index is 1.29. The Kier molecular flexibility index (Phi) is 3.94. The molecule has 2 aromatic heterocycles. The molecule has 8 heteroatoms. The van der Waals surface area contributed by atoms with Crippen molar-refractivity contribution < 1.29 is 4.79 Å². The van der Waals surface area contributed by atoms with Crippen LogP contribution >= 0.6 is 11.5 Å². The molecule has 6 rings (SSSR count). The van der Waals surface area contributed by atoms with Crippen molar-refractivity contribution >= 4 is 39.2 Å². The molecule has 4 heterocycles. The van der Waals surface area contributed by atoms with Gasteiger partial charge in [0, 0.05) is 49.6 Å². The van der Waals surface area contributed by atoms with Crippen molar-refractivity contribution in [3.63, 3.8) is 0 Å². The third-order valence-electron chi connectivity index (χ3n) is 6.06. The lowest BCUT2D eigenvalue weighted by molar-refractivity contribution is 0.0940. The fourth-order valence-corrected chi connectivity index (χ4v) is 5.10. The van der Waals surface area contributed by atoms with Gasteiger partial charge in [-0.25, -0.2) is 9.97 Å². The monoisotopic (exact) mass is 406 g/mol. The van der Waals surface area contributed by atoms with Crippen molar-refractivity contribution in [3.05, 3.63) is 41.3 Å². The van der Waals surface area contributed by atoms with E-state index in [0.717, 1.165) is 68.5 Å². The minimum atomic E-state index is -0.0515. The Hall–Kier alpha value is -2.74. The van der Waals surface area contributed by atoms with Gasteiger partial charge in [-0.2, -0.15) is 4.37 Å². The van der Waals surface area contributed by atoms with Crippen molar-refractivity contribution in [3.8, 4) is 0 Å². The molecule has 1 saturated heterocycles. The quantitative estimate of drug-likeness (QED) is 0.721. The lowest BCUT2D eigenvalue weighted by Gasteiger charge is -2.37. The Bertz CT molecular complexity index is 1100. The zero-order valence-corrected chi connectivity index (χ0v) is 16.9. The third-order valence-corrected chi connectivity index (χ3v) is 6.87. The largest absolute Gasteiger partial charge is 0.353 e. The van der Waals surface area contributed by atoms with E-state index in [1.54, 1.807) is 11.5 Å². The van der Waals surface area contributed by atoms with Gasteiger partial charge in [0.05, 0.1) is 4.70 Å². The van der Waals surface area contributed by atoms with Crippen LogP contribution in [0.4, 0.5) is 11.6 Å². The number of benzene rings is 1. The first kappa shape index (κ1) is 17.1. The highest BCUT2D eigenvalue weighted by Crippen LogP contribution is 2.40. The molecule has 1 N–H and O–H groups in total. The van der Waals surface area contributed by atoms with Crippen LogP contribution in [-0.4, -0.2) is 53.0 Å². The van der Waals surface area contributed by atoms with E-state index in [-0.39, 0.29) is 5.91 Å². The first-order chi connectivity index (χ1) is 14.3. The van der Waals surface area contributed by atoms with Gasteiger partial charge in [-0.3, -0.25) is 4.79 Å². The summed E-state index contributed by atoms with van der Waals surface area (Å²) >= 11 is 1.57. The molecule has 148 valence electrons. The Morgan fingerprint density at radius 2 is 1.76 bits per heavy atom. The topological polar surface area (TPSA) is 74.2 Å². The standard InChI is InChI=1S/C21H22N6OS/c28-21-17-15(7-8-22-21)19(24-18(23-17)13-5-6-13)26-9-11-27(12-10-26)20-14-3-1-2-4-16(14)29-25-20/h1-4,13H,5-12H2,(H,22,28). The molecule has 0 bridgehead atoms. The number of amides is 1. The predicted molar refractivity (Wildman–Crippen MR) is 114 cm³/mol. The number of aromatic nitrogens is 3. The van der Waals surface area contributed by atoms with E-state index in [0.29, 0.717) is 18.2 Å². The molecule has 3 aromatic rings. The number of carbonyl (C=O) groups is 1. The molecule has 3 aliphatic rings. The lowest BCUT2D eigenvalue weighted by Crippen LogP contribution is -2.48. The van der Waals surface area contributed by atoms with Crippen LogP contribution < -0.4 is 15.1 Å². The van der Waals surface area contributed by atoms with E-state index in [1.165, 1.54) is 10.1 Å². The number of fused-ring (bicyclic) bond motifs is 2. The summed E-state index contributed by atoms with van der Waals surface area (Å²) < 4.78 is 5.94. The number of anilines is 2. The van der Waals surface area contributed by atoms with Gasteiger partial charge in [-0.15, -0.1) is 0 Å². The summed E-state index contributed by atoms with van der Waals surface area (Å²) in [6, 6.07) is 8.43. The summed E-state index contributed by atoms with van der Waals surface area (Å²) in [6.07, 6.45) is 3.06. The van der Waals surface area contributed by atoms with Gasteiger partial charge in [0.1, 0.15) is 23.2 Å². The molecule has 1 saturated carbocycles. The van der Waals surface area contributed by atoms with Crippen LogP contribution in [-0.2, 0) is 6.42 Å². The minimum absolute atomic E-state index is 0.0515. The smallest absolute Gasteiger partial charge is 0.270 e. The molecule has 29 heavy (non-hydrogen) atoms. The highest BCUT2D eigenvalue weighted by atomic mass is 32.1. The van der Waals surface area contributed by atoms with Gasteiger partial charge < -0.3 is 15.1 Å². The van der Waals surface area contributed by atoms with Gasteiger partial charge in [-0.1, -0.05) is 12.1 Å². The number of rotatable bonds is 3. The van der Waals surface area contributed by atoms with Crippen molar-refractivity contribution in [2.45, 2.75) is 25.2 Å². The molecule has 2 fully saturated rings. The summed E-state index contributed by atoms with van der Waals surface area (Å²) in [5, 5.41) is 4.17. The van der Waals surface area contributed by atoms with Crippen LogP contribution in [0.5, 0.6) is 0 Å². The maximum atomic E-state index is 12.4. The Morgan fingerprint density at radius 3 is 2.55 bits per heavy atom. The molecule has 0 atom stereocenters. The van der Waals surface area contributed by atoms with E-state index in [2.05, 4.69) is 44.4 Å². The first-order valence-corrected chi connectivity index (χ1v) is 11.1. The lowest BCUT2D eigenvalue weighted by atomic mass is 10.0. The van der Waals surface area contributed by atoms with Crippen molar-refractivity contribution in [2.75, 3.05) is 42.5 Å². The number of hydrogen-bond acceptors (Lipinski definition) is 7. The van der Waals surface area contributed by atoms with Crippen LogP contribution in [0.3, 0.4) is 0 Å². The van der Waals surface area contributed by atoms with Crippen LogP contribution in [0.25, 0.3) is 10.1 Å². The zero-order chi connectivity index (χ0) is 19.4. The average Bonchev–Trinajstić information content (AvgIpc) is 3.53. The Morgan fingerprint density at radius 1 is 1.00 bits per heavy atom. The average molecular weight is 407 g/mol. The normalized spacial score (nSPS) is 19.4. The van der Waals surface area contributed by atoms with Gasteiger partial charge in [0.15, 0.2) is 0 Å². The minimum Gasteiger partial charge on any atom is -0.353 e. The maximum absolute atomic E-state index is 12.4. The summed E-state index contributed by atoms with van der Waals surface area (Å²) in [5.74, 6) is 3.30. The fraction of sp³-hybridized carbons (Fsp3) is 0.429. The van der Waals surface area contributed by atoms with E-state index in [4.69, 9.17) is 9.36 Å². The van der Waals surface area contributed by atoms with E-state index >= 15 is 0 Å². The second-order valence-electron chi connectivity index (χ2n) is 7.99. The van der Waals surface area contributed by atoms with E-state index < -0.39 is 0 Å². The molecular weight excluding hydrogens is 384 g/mol. The second-order valence-corrected chi connectivity index (χ2v) is 8.79. The summed E-state index contributed by atoms with van der Waals surface area (Å²) in [4.78, 5) is 26.7. The second kappa shape index (κ2) is 6.66. The van der Waals surface area contributed by atoms with Crippen LogP contribution in [0, 0.1) is 0 Å². The number of nitrogens with zero attached hydrogens (tertiary/aromatic N) is 5. The third kappa shape index (κ3) is 2.93. The molecule has 2 aliphatic heterocycles. The summed E-state index contributed by atoms with van der Waals surface area (Å²) in [7, 11) is 0. The zero-order valence-electron chi connectivity index (χ0n) is 16.1. The molecule has 0 unspecified atom stereocenters. The van der Waals surface area contributed by atoms with Gasteiger partial charge >= 0.3 is 0 Å². The van der Waals surface area contributed by atoms with Crippen LogP contribution in [0.2, 0.25) is 0 Å². The maximum Gasteiger partial charge on any atom is 0.270 e. The van der Waals surface area contributed by atoms with Crippen molar-refractivity contribution in [2.24, 2.45) is 0 Å². The fourth-order valence-electron chi connectivity index (χ4n) is 4.31. The van der Waals surface area contributed by atoms with E-state index in [1.807, 2.05) is 0 Å². The van der Waals surface area contributed by atoms with Gasteiger partial charge in [0.2, 0.25) is 0 Å². The number of hydrogen-bond donors (Lipinski definition) is 1. The van der Waals surface area contributed by atoms with Crippen LogP contribution in [0.15, 0.2) is 24.3 Å². The Labute approximate surface area is 172 Å². The molecule has 0 radical (unpaired) electrons. The SMILES string of the molecule is O=C1NCCc2c1nc(C1CC1)nc2N1CCN(c2nsc3ccccc23)CC1. The molecule has 7 nitrogen and oxygen atoms in total. The highest BCUT2D eigenvalue weighted by molar-refractivity contribution is 7.13. The number of piperazine rings is 1. The van der Waals surface area contributed by atoms with Gasteiger partial charge in [0.25, 0.3) is 5.91 Å². The van der Waals surface area contributed by atoms with Crippen molar-refractivity contribution in [1.29, 1.82) is 0 Å². The molecule has 0 spiro atoms. The molecular formula is C21H22N6OS. The highest BCUT2D eigenvalue weighted by Gasteiger charge is 2.33. The number of nitrogens with one attached hydrogen (secondary N) is 1. The van der Waals surface area contributed by atoms with Gasteiger partial charge in [-0.05, 0) is 42.9 Å². The predicted octanol–water partition coefficient (Wildman–Crippen LogP) is 2.58. The first-order valence-electron chi connectivity index (χ1n) is 10.3. The number of carbonyl (C=O) groups excluding carboxylic acids is 1. The molecule has 1 aromatic carbocycles. The van der Waals surface area contributed by atoms with E-state index in [9.17, 15) is 4.79 Å².